The number of ketones is 1. The van der Waals surface area contributed by atoms with E-state index in [4.69, 9.17) is 9.84 Å². The number of fused-ring (bicyclic) bond motifs is 1. The molecule has 0 aliphatic carbocycles. The monoisotopic (exact) mass is 262 g/mol. The summed E-state index contributed by atoms with van der Waals surface area (Å²) in [6.07, 6.45) is 2.20. The van der Waals surface area contributed by atoms with E-state index in [1.54, 1.807) is 13.0 Å². The van der Waals surface area contributed by atoms with E-state index in [1.165, 1.54) is 0 Å². The molecule has 0 bridgehead atoms. The van der Waals surface area contributed by atoms with Crippen molar-refractivity contribution in [3.63, 3.8) is 0 Å². The molecule has 1 N–H and O–H groups in total. The highest BCUT2D eigenvalue weighted by Gasteiger charge is 2.17. The van der Waals surface area contributed by atoms with Crippen LogP contribution in [-0.2, 0) is 11.2 Å². The second kappa shape index (κ2) is 5.87. The highest BCUT2D eigenvalue weighted by atomic mass is 16.5. The van der Waals surface area contributed by atoms with Gasteiger partial charge in [-0.1, -0.05) is 6.92 Å². The van der Waals surface area contributed by atoms with Gasteiger partial charge in [0.25, 0.3) is 0 Å². The SMILES string of the molecule is CC(CC(=O)O)CC(=O)c1ccc2c(c1)CCCO2. The van der Waals surface area contributed by atoms with Crippen molar-refractivity contribution < 1.29 is 19.4 Å². The molecule has 2 rings (SSSR count). The van der Waals surface area contributed by atoms with Crippen LogP contribution < -0.4 is 4.74 Å². The Labute approximate surface area is 112 Å². The Morgan fingerprint density at radius 1 is 1.37 bits per heavy atom. The zero-order valence-corrected chi connectivity index (χ0v) is 11.0. The van der Waals surface area contributed by atoms with Crippen LogP contribution in [0.5, 0.6) is 5.75 Å². The van der Waals surface area contributed by atoms with E-state index in [1.807, 2.05) is 12.1 Å². The number of hydrogen-bond acceptors (Lipinski definition) is 3. The van der Waals surface area contributed by atoms with Gasteiger partial charge in [0, 0.05) is 18.4 Å². The second-order valence-corrected chi connectivity index (χ2v) is 5.10. The maximum atomic E-state index is 12.1. The summed E-state index contributed by atoms with van der Waals surface area (Å²) < 4.78 is 5.50. The van der Waals surface area contributed by atoms with Crippen molar-refractivity contribution in [3.05, 3.63) is 29.3 Å². The maximum Gasteiger partial charge on any atom is 0.303 e. The number of carbonyl (C=O) groups excluding carboxylic acids is 1. The summed E-state index contributed by atoms with van der Waals surface area (Å²) >= 11 is 0. The van der Waals surface area contributed by atoms with Gasteiger partial charge in [0.15, 0.2) is 5.78 Å². The smallest absolute Gasteiger partial charge is 0.303 e. The first-order chi connectivity index (χ1) is 9.06. The Morgan fingerprint density at radius 3 is 2.89 bits per heavy atom. The van der Waals surface area contributed by atoms with Crippen LogP contribution >= 0.6 is 0 Å². The molecule has 0 saturated heterocycles. The summed E-state index contributed by atoms with van der Waals surface area (Å²) in [5.74, 6) is -0.139. The first-order valence-electron chi connectivity index (χ1n) is 6.57. The lowest BCUT2D eigenvalue weighted by atomic mass is 9.95. The predicted octanol–water partition coefficient (Wildman–Crippen LogP) is 2.70. The molecule has 1 aromatic rings. The summed E-state index contributed by atoms with van der Waals surface area (Å²) in [6, 6.07) is 5.48. The summed E-state index contributed by atoms with van der Waals surface area (Å²) in [5, 5.41) is 8.70. The van der Waals surface area contributed by atoms with Crippen LogP contribution in [-0.4, -0.2) is 23.5 Å². The fourth-order valence-electron chi connectivity index (χ4n) is 2.34. The molecule has 1 heterocycles. The first kappa shape index (κ1) is 13.6. The number of benzene rings is 1. The van der Waals surface area contributed by atoms with Crippen LogP contribution in [0.3, 0.4) is 0 Å². The molecule has 1 atom stereocenters. The average Bonchev–Trinajstić information content (AvgIpc) is 2.37. The minimum atomic E-state index is -0.862. The number of carbonyl (C=O) groups is 2. The minimum absolute atomic E-state index is 0.00197. The van der Waals surface area contributed by atoms with Crippen molar-refractivity contribution in [3.8, 4) is 5.75 Å². The molecular weight excluding hydrogens is 244 g/mol. The highest BCUT2D eigenvalue weighted by molar-refractivity contribution is 5.96. The van der Waals surface area contributed by atoms with Gasteiger partial charge >= 0.3 is 5.97 Å². The van der Waals surface area contributed by atoms with Crippen LogP contribution in [0.1, 0.15) is 42.1 Å². The molecule has 0 amide bonds. The number of aryl methyl sites for hydroxylation is 1. The van der Waals surface area contributed by atoms with Gasteiger partial charge in [0.05, 0.1) is 6.61 Å². The molecule has 102 valence electrons. The van der Waals surface area contributed by atoms with Crippen LogP contribution in [0.25, 0.3) is 0 Å². The van der Waals surface area contributed by atoms with Crippen molar-refractivity contribution in [1.29, 1.82) is 0 Å². The molecule has 19 heavy (non-hydrogen) atoms. The molecule has 1 aromatic carbocycles. The van der Waals surface area contributed by atoms with Gasteiger partial charge in [-0.3, -0.25) is 9.59 Å². The third-order valence-electron chi connectivity index (χ3n) is 3.29. The summed E-state index contributed by atoms with van der Waals surface area (Å²) in [6.45, 7) is 2.52. The van der Waals surface area contributed by atoms with Crippen LogP contribution in [0.15, 0.2) is 18.2 Å². The molecule has 1 aliphatic rings. The van der Waals surface area contributed by atoms with Crippen molar-refractivity contribution in [1.82, 2.24) is 0 Å². The number of ether oxygens (including phenoxy) is 1. The Kier molecular flexibility index (Phi) is 4.20. The average molecular weight is 262 g/mol. The largest absolute Gasteiger partial charge is 0.493 e. The molecule has 0 saturated carbocycles. The fraction of sp³-hybridized carbons (Fsp3) is 0.467. The van der Waals surface area contributed by atoms with Gasteiger partial charge in [-0.05, 0) is 42.5 Å². The molecule has 0 fully saturated rings. The van der Waals surface area contributed by atoms with Gasteiger partial charge in [0.2, 0.25) is 0 Å². The number of Topliss-reactive ketones (excluding diaryl/α,β-unsaturated/α-hetero) is 1. The summed E-state index contributed by atoms with van der Waals surface area (Å²) in [7, 11) is 0. The van der Waals surface area contributed by atoms with E-state index in [2.05, 4.69) is 0 Å². The van der Waals surface area contributed by atoms with Crippen molar-refractivity contribution in [2.75, 3.05) is 6.61 Å². The van der Waals surface area contributed by atoms with E-state index >= 15 is 0 Å². The predicted molar refractivity (Wildman–Crippen MR) is 70.6 cm³/mol. The fourth-order valence-corrected chi connectivity index (χ4v) is 2.34. The summed E-state index contributed by atoms with van der Waals surface area (Å²) in [4.78, 5) is 22.7. The molecule has 4 nitrogen and oxygen atoms in total. The standard InChI is InChI=1S/C15H18O4/c1-10(8-15(17)18)7-13(16)11-4-5-14-12(9-11)3-2-6-19-14/h4-5,9-10H,2-3,6-8H2,1H3,(H,17,18). The number of hydrogen-bond donors (Lipinski definition) is 1. The van der Waals surface area contributed by atoms with Crippen molar-refractivity contribution in [2.24, 2.45) is 5.92 Å². The lowest BCUT2D eigenvalue weighted by molar-refractivity contribution is -0.137. The number of carboxylic acids is 1. The van der Waals surface area contributed by atoms with E-state index in [0.29, 0.717) is 5.56 Å². The van der Waals surface area contributed by atoms with Gasteiger partial charge in [0.1, 0.15) is 5.75 Å². The maximum absolute atomic E-state index is 12.1. The van der Waals surface area contributed by atoms with Crippen molar-refractivity contribution in [2.45, 2.75) is 32.6 Å². The lowest BCUT2D eigenvalue weighted by Crippen LogP contribution is -2.12. The zero-order valence-electron chi connectivity index (χ0n) is 11.0. The Bertz CT molecular complexity index is 493. The van der Waals surface area contributed by atoms with Crippen LogP contribution in [0.2, 0.25) is 0 Å². The van der Waals surface area contributed by atoms with Gasteiger partial charge in [-0.15, -0.1) is 0 Å². The topological polar surface area (TPSA) is 63.6 Å². The Morgan fingerprint density at radius 2 is 2.16 bits per heavy atom. The number of rotatable bonds is 5. The molecule has 0 radical (unpaired) electrons. The second-order valence-electron chi connectivity index (χ2n) is 5.10. The normalized spacial score (nSPS) is 15.2. The quantitative estimate of drug-likeness (QED) is 0.829. The van der Waals surface area contributed by atoms with Gasteiger partial charge in [-0.2, -0.15) is 0 Å². The zero-order chi connectivity index (χ0) is 13.8. The highest BCUT2D eigenvalue weighted by Crippen LogP contribution is 2.26. The van der Waals surface area contributed by atoms with Gasteiger partial charge in [-0.25, -0.2) is 0 Å². The molecule has 0 aromatic heterocycles. The van der Waals surface area contributed by atoms with Gasteiger partial charge < -0.3 is 9.84 Å². The Hall–Kier alpha value is -1.84. The van der Waals surface area contributed by atoms with Crippen molar-refractivity contribution >= 4 is 11.8 Å². The molecule has 4 heteroatoms. The van der Waals surface area contributed by atoms with Crippen LogP contribution in [0.4, 0.5) is 0 Å². The minimum Gasteiger partial charge on any atom is -0.493 e. The Balaban J connectivity index is 2.05. The molecular formula is C15H18O4. The molecule has 0 spiro atoms. The van der Waals surface area contributed by atoms with E-state index in [9.17, 15) is 9.59 Å². The third-order valence-corrected chi connectivity index (χ3v) is 3.29. The molecule has 1 aliphatic heterocycles. The number of carboxylic acid groups (broad SMARTS) is 1. The van der Waals surface area contributed by atoms with E-state index < -0.39 is 5.97 Å². The summed E-state index contributed by atoms with van der Waals surface area (Å²) in [5.41, 5.74) is 1.73. The van der Waals surface area contributed by atoms with E-state index in [-0.39, 0.29) is 24.5 Å². The van der Waals surface area contributed by atoms with E-state index in [0.717, 1.165) is 30.8 Å². The third kappa shape index (κ3) is 3.56. The van der Waals surface area contributed by atoms with Crippen LogP contribution in [0, 0.1) is 5.92 Å². The number of aliphatic carboxylic acids is 1. The molecule has 1 unspecified atom stereocenters. The first-order valence-corrected chi connectivity index (χ1v) is 6.57. The lowest BCUT2D eigenvalue weighted by Gasteiger charge is -2.17.